The molecule has 0 unspecified atom stereocenters. The Kier molecular flexibility index (Phi) is 2.14. The lowest BCUT2D eigenvalue weighted by atomic mass is 9.93. The summed E-state index contributed by atoms with van der Waals surface area (Å²) in [5, 5.41) is 0. The van der Waals surface area contributed by atoms with Crippen LogP contribution in [-0.2, 0) is 9.53 Å². The van der Waals surface area contributed by atoms with Gasteiger partial charge in [-0.05, 0) is 24.3 Å². The molecule has 0 aliphatic carbocycles. The minimum atomic E-state index is -0.490. The average molecular weight is 230 g/mol. The molecule has 1 aliphatic heterocycles. The van der Waals surface area contributed by atoms with Crippen molar-refractivity contribution >= 4 is 5.97 Å². The number of carbonyl (C=O) groups excluding carboxylic acids is 1. The lowest BCUT2D eigenvalue weighted by molar-refractivity contribution is -0.139. The van der Waals surface area contributed by atoms with E-state index in [-0.39, 0.29) is 5.92 Å². The molecule has 1 aliphatic rings. The largest absolute Gasteiger partial charge is 0.469 e. The van der Waals surface area contributed by atoms with Gasteiger partial charge in [-0.2, -0.15) is 0 Å². The van der Waals surface area contributed by atoms with Crippen LogP contribution in [-0.4, -0.2) is 5.97 Å². The fraction of sp³-hybridized carbons (Fsp3) is 0.154. The molecule has 0 radical (unpaired) electrons. The Morgan fingerprint density at radius 1 is 1.06 bits per heavy atom. The van der Waals surface area contributed by atoms with Crippen molar-refractivity contribution in [3.63, 3.8) is 0 Å². The first-order valence-electron chi connectivity index (χ1n) is 5.24. The molecule has 4 nitrogen and oxygen atoms in total. The second-order valence-electron chi connectivity index (χ2n) is 3.86. The van der Waals surface area contributed by atoms with Crippen LogP contribution in [0.2, 0.25) is 0 Å². The van der Waals surface area contributed by atoms with Crippen molar-refractivity contribution in [1.82, 2.24) is 0 Å². The zero-order valence-corrected chi connectivity index (χ0v) is 8.96. The monoisotopic (exact) mass is 230 g/mol. The average Bonchev–Trinajstić information content (AvgIpc) is 3.01. The van der Waals surface area contributed by atoms with E-state index in [1.54, 1.807) is 36.8 Å². The molecule has 0 spiro atoms. The molecule has 1 saturated heterocycles. The Morgan fingerprint density at radius 2 is 1.71 bits per heavy atom. The molecule has 0 amide bonds. The van der Waals surface area contributed by atoms with Crippen LogP contribution in [0.3, 0.4) is 0 Å². The molecule has 0 aromatic carbocycles. The predicted molar refractivity (Wildman–Crippen MR) is 58.1 cm³/mol. The third-order valence-corrected chi connectivity index (χ3v) is 2.85. The summed E-state index contributed by atoms with van der Waals surface area (Å²) < 4.78 is 15.9. The topological polar surface area (TPSA) is 52.6 Å². The molecule has 2 aromatic rings. The van der Waals surface area contributed by atoms with Gasteiger partial charge in [-0.3, -0.25) is 0 Å². The lowest BCUT2D eigenvalue weighted by Gasteiger charge is -2.12. The molecular weight excluding hydrogens is 220 g/mol. The molecule has 0 bridgehead atoms. The summed E-state index contributed by atoms with van der Waals surface area (Å²) in [5.41, 5.74) is 0.390. The quantitative estimate of drug-likeness (QED) is 0.588. The minimum Gasteiger partial charge on any atom is -0.469 e. The smallest absolute Gasteiger partial charge is 0.335 e. The summed E-state index contributed by atoms with van der Waals surface area (Å²) in [6, 6.07) is 7.09. The van der Waals surface area contributed by atoms with Gasteiger partial charge in [-0.1, -0.05) is 6.58 Å². The van der Waals surface area contributed by atoms with Crippen molar-refractivity contribution in [2.24, 2.45) is 0 Å². The lowest BCUT2D eigenvalue weighted by Crippen LogP contribution is -2.05. The number of rotatable bonds is 2. The first-order valence-corrected chi connectivity index (χ1v) is 5.24. The van der Waals surface area contributed by atoms with Gasteiger partial charge in [-0.15, -0.1) is 0 Å². The van der Waals surface area contributed by atoms with Gasteiger partial charge in [0.2, 0.25) is 0 Å². The highest BCUT2D eigenvalue weighted by Crippen LogP contribution is 2.45. The summed E-state index contributed by atoms with van der Waals surface area (Å²) in [6.45, 7) is 3.76. The highest BCUT2D eigenvalue weighted by Gasteiger charge is 2.43. The maximum atomic E-state index is 11.6. The number of esters is 1. The van der Waals surface area contributed by atoms with Crippen LogP contribution >= 0.6 is 0 Å². The normalized spacial score (nSPS) is 24.0. The van der Waals surface area contributed by atoms with E-state index in [2.05, 4.69) is 6.58 Å². The van der Waals surface area contributed by atoms with Crippen LogP contribution in [0.15, 0.2) is 57.8 Å². The summed E-state index contributed by atoms with van der Waals surface area (Å²) in [6.07, 6.45) is 2.62. The number of hydrogen-bond donors (Lipinski definition) is 0. The van der Waals surface area contributed by atoms with E-state index in [4.69, 9.17) is 13.6 Å². The summed E-state index contributed by atoms with van der Waals surface area (Å²) in [4.78, 5) is 11.6. The van der Waals surface area contributed by atoms with E-state index >= 15 is 0 Å². The van der Waals surface area contributed by atoms with Crippen LogP contribution in [0, 0.1) is 0 Å². The zero-order valence-electron chi connectivity index (χ0n) is 8.96. The minimum absolute atomic E-state index is 0.316. The highest BCUT2D eigenvalue weighted by molar-refractivity contribution is 5.92. The molecule has 3 heterocycles. The Balaban J connectivity index is 2.03. The summed E-state index contributed by atoms with van der Waals surface area (Å²) >= 11 is 0. The molecule has 4 heteroatoms. The molecule has 1 fully saturated rings. The predicted octanol–water partition coefficient (Wildman–Crippen LogP) is 2.81. The SMILES string of the molecule is C=C1C(=O)O[C@H](c2ccco2)[C@@H]1c1ccco1. The molecule has 0 saturated carbocycles. The zero-order chi connectivity index (χ0) is 11.8. The van der Waals surface area contributed by atoms with E-state index in [0.29, 0.717) is 17.1 Å². The number of ether oxygens (including phenoxy) is 1. The van der Waals surface area contributed by atoms with Gasteiger partial charge in [-0.25, -0.2) is 4.79 Å². The standard InChI is InChI=1S/C13H10O4/c1-8-11(9-4-2-6-15-9)12(17-13(8)14)10-5-3-7-16-10/h2-7,11-12H,1H2/t11-,12+/m0/s1. The van der Waals surface area contributed by atoms with Crippen LogP contribution in [0.5, 0.6) is 0 Å². The molecule has 17 heavy (non-hydrogen) atoms. The van der Waals surface area contributed by atoms with Crippen molar-refractivity contribution in [2.75, 3.05) is 0 Å². The number of hydrogen-bond acceptors (Lipinski definition) is 4. The first-order chi connectivity index (χ1) is 8.27. The van der Waals surface area contributed by atoms with Gasteiger partial charge in [0.05, 0.1) is 18.4 Å². The Bertz CT molecular complexity index is 536. The van der Waals surface area contributed by atoms with Gasteiger partial charge in [0.25, 0.3) is 0 Å². The second kappa shape index (κ2) is 3.66. The fourth-order valence-corrected chi connectivity index (χ4v) is 2.03. The van der Waals surface area contributed by atoms with Crippen molar-refractivity contribution in [3.05, 3.63) is 60.5 Å². The van der Waals surface area contributed by atoms with Crippen LogP contribution in [0.4, 0.5) is 0 Å². The Morgan fingerprint density at radius 3 is 2.29 bits per heavy atom. The molecule has 86 valence electrons. The Hall–Kier alpha value is -2.23. The highest BCUT2D eigenvalue weighted by atomic mass is 16.6. The maximum absolute atomic E-state index is 11.6. The van der Waals surface area contributed by atoms with Gasteiger partial charge in [0.1, 0.15) is 11.5 Å². The van der Waals surface area contributed by atoms with E-state index in [0.717, 1.165) is 0 Å². The molecule has 0 N–H and O–H groups in total. The Labute approximate surface area is 97.5 Å². The number of carbonyl (C=O) groups is 1. The van der Waals surface area contributed by atoms with E-state index < -0.39 is 12.1 Å². The van der Waals surface area contributed by atoms with Crippen molar-refractivity contribution in [2.45, 2.75) is 12.0 Å². The van der Waals surface area contributed by atoms with Gasteiger partial charge in [0.15, 0.2) is 6.10 Å². The second-order valence-corrected chi connectivity index (χ2v) is 3.86. The van der Waals surface area contributed by atoms with Crippen LogP contribution < -0.4 is 0 Å². The van der Waals surface area contributed by atoms with Crippen LogP contribution in [0.25, 0.3) is 0 Å². The van der Waals surface area contributed by atoms with E-state index in [1.807, 2.05) is 0 Å². The molecule has 3 rings (SSSR count). The third kappa shape index (κ3) is 1.49. The van der Waals surface area contributed by atoms with Crippen LogP contribution in [0.1, 0.15) is 23.5 Å². The molecule has 2 atom stereocenters. The van der Waals surface area contributed by atoms with Crippen molar-refractivity contribution in [3.8, 4) is 0 Å². The first kappa shape index (κ1) is 9.96. The third-order valence-electron chi connectivity index (χ3n) is 2.85. The molecular formula is C13H10O4. The summed E-state index contributed by atoms with van der Waals surface area (Å²) in [7, 11) is 0. The van der Waals surface area contributed by atoms with Crippen molar-refractivity contribution < 1.29 is 18.4 Å². The number of cyclic esters (lactones) is 1. The fourth-order valence-electron chi connectivity index (χ4n) is 2.03. The number of furan rings is 2. The maximum Gasteiger partial charge on any atom is 0.335 e. The molecule has 2 aromatic heterocycles. The summed E-state index contributed by atoms with van der Waals surface area (Å²) in [5.74, 6) is 0.525. The van der Waals surface area contributed by atoms with Crippen molar-refractivity contribution in [1.29, 1.82) is 0 Å². The van der Waals surface area contributed by atoms with Gasteiger partial charge in [0, 0.05) is 5.57 Å². The van der Waals surface area contributed by atoms with Gasteiger partial charge < -0.3 is 13.6 Å². The van der Waals surface area contributed by atoms with E-state index in [1.165, 1.54) is 0 Å². The van der Waals surface area contributed by atoms with E-state index in [9.17, 15) is 4.79 Å². The van der Waals surface area contributed by atoms with Gasteiger partial charge >= 0.3 is 5.97 Å².